The van der Waals surface area contributed by atoms with Gasteiger partial charge >= 0.3 is 0 Å². The largest absolute Gasteiger partial charge is 0.508 e. The molecule has 0 bridgehead atoms. The van der Waals surface area contributed by atoms with Gasteiger partial charge in [-0.05, 0) is 24.8 Å². The van der Waals surface area contributed by atoms with Crippen molar-refractivity contribution in [3.63, 3.8) is 0 Å². The molecule has 0 saturated heterocycles. The minimum Gasteiger partial charge on any atom is -0.508 e. The summed E-state index contributed by atoms with van der Waals surface area (Å²) in [7, 11) is 0. The summed E-state index contributed by atoms with van der Waals surface area (Å²) < 4.78 is 0. The minimum atomic E-state index is -0.789. The Morgan fingerprint density at radius 3 is 2.65 bits per heavy atom. The van der Waals surface area contributed by atoms with Crippen molar-refractivity contribution >= 4 is 5.69 Å². The first-order chi connectivity index (χ1) is 8.00. The van der Waals surface area contributed by atoms with Crippen LogP contribution in [0, 0.1) is 16.0 Å². The molecule has 1 saturated carbocycles. The highest BCUT2D eigenvalue weighted by atomic mass is 16.6. The fraction of sp³-hybridized carbons (Fsp3) is 0.455. The van der Waals surface area contributed by atoms with E-state index in [0.29, 0.717) is 0 Å². The van der Waals surface area contributed by atoms with Gasteiger partial charge in [0, 0.05) is 17.7 Å². The zero-order chi connectivity index (χ0) is 12.6. The lowest BCUT2D eigenvalue weighted by atomic mass is 9.98. The third-order valence-corrected chi connectivity index (χ3v) is 3.05. The second-order valence-corrected chi connectivity index (χ2v) is 4.35. The molecular formula is C11H14N2O4. The Kier molecular flexibility index (Phi) is 2.99. The van der Waals surface area contributed by atoms with E-state index in [2.05, 4.69) is 0 Å². The molecule has 0 radical (unpaired) electrons. The quantitative estimate of drug-likeness (QED) is 0.537. The predicted octanol–water partition coefficient (Wildman–Crippen LogP) is 1.07. The maximum absolute atomic E-state index is 10.6. The van der Waals surface area contributed by atoms with Gasteiger partial charge in [0.1, 0.15) is 5.75 Å². The summed E-state index contributed by atoms with van der Waals surface area (Å²) >= 11 is 0. The predicted molar refractivity (Wildman–Crippen MR) is 60.4 cm³/mol. The number of non-ortho nitro benzene ring substituents is 1. The second-order valence-electron chi connectivity index (χ2n) is 4.35. The van der Waals surface area contributed by atoms with Gasteiger partial charge in [0.15, 0.2) is 0 Å². The summed E-state index contributed by atoms with van der Waals surface area (Å²) in [5.74, 6) is 0.0199. The van der Waals surface area contributed by atoms with E-state index in [1.54, 1.807) is 0 Å². The first kappa shape index (κ1) is 11.8. The molecule has 0 amide bonds. The molecule has 0 heterocycles. The average Bonchev–Trinajstić information content (AvgIpc) is 3.11. The Labute approximate surface area is 97.8 Å². The molecule has 1 aromatic rings. The highest BCUT2D eigenvalue weighted by Gasteiger charge is 2.35. The fourth-order valence-corrected chi connectivity index (χ4v) is 1.84. The lowest BCUT2D eigenvalue weighted by Gasteiger charge is -2.19. The average molecular weight is 238 g/mol. The van der Waals surface area contributed by atoms with Gasteiger partial charge in [0.05, 0.1) is 17.1 Å². The normalized spacial score (nSPS) is 18.7. The van der Waals surface area contributed by atoms with E-state index in [-0.39, 0.29) is 22.9 Å². The summed E-state index contributed by atoms with van der Waals surface area (Å²) in [6.45, 7) is 0. The Hall–Kier alpha value is -1.66. The fourth-order valence-electron chi connectivity index (χ4n) is 1.84. The molecule has 17 heavy (non-hydrogen) atoms. The van der Waals surface area contributed by atoms with Crippen LogP contribution >= 0.6 is 0 Å². The third-order valence-electron chi connectivity index (χ3n) is 3.05. The third kappa shape index (κ3) is 2.37. The van der Waals surface area contributed by atoms with Gasteiger partial charge in [-0.15, -0.1) is 0 Å². The number of nitrogens with zero attached hydrogens (tertiary/aromatic N) is 1. The number of phenolic OH excluding ortho intramolecular Hbond substituents is 1. The van der Waals surface area contributed by atoms with Gasteiger partial charge in [0.2, 0.25) is 0 Å². The summed E-state index contributed by atoms with van der Waals surface area (Å²) in [5, 5.41) is 30.1. The van der Waals surface area contributed by atoms with Crippen molar-refractivity contribution in [1.82, 2.24) is 0 Å². The number of rotatable bonds is 4. The number of benzene rings is 1. The van der Waals surface area contributed by atoms with Gasteiger partial charge in [0.25, 0.3) is 5.69 Å². The molecule has 0 spiro atoms. The second kappa shape index (κ2) is 4.31. The van der Waals surface area contributed by atoms with Crippen LogP contribution in [0.15, 0.2) is 18.2 Å². The summed E-state index contributed by atoms with van der Waals surface area (Å²) in [4.78, 5) is 10.1. The number of aliphatic hydroxyl groups excluding tert-OH is 1. The molecule has 0 aromatic heterocycles. The van der Waals surface area contributed by atoms with Crippen LogP contribution in [-0.4, -0.2) is 21.2 Å². The molecule has 4 N–H and O–H groups in total. The van der Waals surface area contributed by atoms with Crippen LogP contribution in [0.3, 0.4) is 0 Å². The molecule has 6 heteroatoms. The summed E-state index contributed by atoms with van der Waals surface area (Å²) in [6, 6.07) is 2.86. The topological polar surface area (TPSA) is 110 Å². The zero-order valence-electron chi connectivity index (χ0n) is 9.11. The number of aliphatic hydroxyl groups is 1. The molecule has 1 aliphatic rings. The Balaban J connectivity index is 2.29. The maximum Gasteiger partial charge on any atom is 0.270 e. The molecular weight excluding hydrogens is 224 g/mol. The molecule has 2 atom stereocenters. The van der Waals surface area contributed by atoms with E-state index in [9.17, 15) is 20.3 Å². The number of hydrogen-bond donors (Lipinski definition) is 3. The van der Waals surface area contributed by atoms with Crippen LogP contribution in [-0.2, 0) is 0 Å². The molecule has 0 unspecified atom stereocenters. The highest BCUT2D eigenvalue weighted by molar-refractivity contribution is 5.45. The van der Waals surface area contributed by atoms with Crippen molar-refractivity contribution in [2.24, 2.45) is 11.7 Å². The number of nitro groups is 1. The van der Waals surface area contributed by atoms with Crippen LogP contribution in [0.4, 0.5) is 5.69 Å². The smallest absolute Gasteiger partial charge is 0.270 e. The Morgan fingerprint density at radius 2 is 2.12 bits per heavy atom. The molecule has 0 aliphatic heterocycles. The van der Waals surface area contributed by atoms with Crippen molar-refractivity contribution in [2.75, 3.05) is 0 Å². The van der Waals surface area contributed by atoms with Crippen molar-refractivity contribution < 1.29 is 15.1 Å². The van der Waals surface area contributed by atoms with Gasteiger partial charge in [-0.2, -0.15) is 0 Å². The van der Waals surface area contributed by atoms with E-state index in [1.807, 2.05) is 0 Å². The lowest BCUT2D eigenvalue weighted by Crippen LogP contribution is -2.28. The molecule has 1 aliphatic carbocycles. The molecule has 92 valence electrons. The van der Waals surface area contributed by atoms with Crippen molar-refractivity contribution in [1.29, 1.82) is 0 Å². The summed E-state index contributed by atoms with van der Waals surface area (Å²) in [5.41, 5.74) is 5.90. The van der Waals surface area contributed by atoms with E-state index in [0.717, 1.165) is 12.8 Å². The SMILES string of the molecule is N[C@H](c1cc([N+](=O)[O-])ccc1O)[C@@H](O)C1CC1. The Morgan fingerprint density at radius 1 is 1.47 bits per heavy atom. The summed E-state index contributed by atoms with van der Waals surface area (Å²) in [6.07, 6.45) is 1.05. The van der Waals surface area contributed by atoms with Crippen LogP contribution in [0.25, 0.3) is 0 Å². The standard InChI is InChI=1S/C11H14N2O4/c12-10(11(15)6-1-2-6)8-5-7(13(16)17)3-4-9(8)14/h3-6,10-11,14-15H,1-2,12H2/t10-,11+/m1/s1. The molecule has 2 rings (SSSR count). The molecule has 1 aromatic carbocycles. The lowest BCUT2D eigenvalue weighted by molar-refractivity contribution is -0.385. The minimum absolute atomic E-state index is 0.122. The van der Waals surface area contributed by atoms with Crippen LogP contribution in [0.5, 0.6) is 5.75 Å². The van der Waals surface area contributed by atoms with Crippen LogP contribution in [0.2, 0.25) is 0 Å². The van der Waals surface area contributed by atoms with E-state index in [4.69, 9.17) is 5.73 Å². The van der Waals surface area contributed by atoms with Gasteiger partial charge in [-0.25, -0.2) is 0 Å². The number of nitro benzene ring substituents is 1. The number of nitrogens with two attached hydrogens (primary N) is 1. The Bertz CT molecular complexity index is 445. The van der Waals surface area contributed by atoms with Gasteiger partial charge < -0.3 is 15.9 Å². The zero-order valence-corrected chi connectivity index (χ0v) is 9.11. The molecule has 1 fully saturated rings. The van der Waals surface area contributed by atoms with Crippen molar-refractivity contribution in [3.8, 4) is 5.75 Å². The first-order valence-electron chi connectivity index (χ1n) is 5.41. The van der Waals surface area contributed by atoms with Gasteiger partial charge in [-0.1, -0.05) is 0 Å². The number of hydrogen-bond acceptors (Lipinski definition) is 5. The van der Waals surface area contributed by atoms with E-state index in [1.165, 1.54) is 18.2 Å². The maximum atomic E-state index is 10.6. The van der Waals surface area contributed by atoms with Crippen LogP contribution in [0.1, 0.15) is 24.4 Å². The highest BCUT2D eigenvalue weighted by Crippen LogP contribution is 2.39. The number of aromatic hydroxyl groups is 1. The van der Waals surface area contributed by atoms with Crippen molar-refractivity contribution in [2.45, 2.75) is 25.0 Å². The van der Waals surface area contributed by atoms with E-state index < -0.39 is 17.1 Å². The first-order valence-corrected chi connectivity index (χ1v) is 5.41. The van der Waals surface area contributed by atoms with E-state index >= 15 is 0 Å². The van der Waals surface area contributed by atoms with Gasteiger partial charge in [-0.3, -0.25) is 10.1 Å². The molecule has 6 nitrogen and oxygen atoms in total. The number of phenols is 1. The van der Waals surface area contributed by atoms with Crippen molar-refractivity contribution in [3.05, 3.63) is 33.9 Å². The monoisotopic (exact) mass is 238 g/mol. The van der Waals surface area contributed by atoms with Crippen LogP contribution < -0.4 is 5.73 Å².